The largest absolute Gasteiger partial charge is 0.441 e. The van der Waals surface area contributed by atoms with Gasteiger partial charge >= 0.3 is 5.76 Å². The fraction of sp³-hybridized carbons (Fsp3) is 0.789. The van der Waals surface area contributed by atoms with Gasteiger partial charge in [-0.05, 0) is 39.3 Å². The van der Waals surface area contributed by atoms with E-state index in [2.05, 4.69) is 10.5 Å². The van der Waals surface area contributed by atoms with E-state index in [-0.39, 0.29) is 29.4 Å². The molecule has 1 N–H and O–H groups in total. The van der Waals surface area contributed by atoms with Crippen LogP contribution in [0.5, 0.6) is 0 Å². The number of amides is 1. The number of carbonyl (C=O) groups excluding carboxylic acids is 2. The zero-order valence-corrected chi connectivity index (χ0v) is 16.9. The molecule has 1 amide bonds. The molecule has 1 aromatic rings. The van der Waals surface area contributed by atoms with Gasteiger partial charge in [-0.3, -0.25) is 18.7 Å². The maximum atomic E-state index is 13.1. The van der Waals surface area contributed by atoms with Crippen molar-refractivity contribution < 1.29 is 14.1 Å². The standard InChI is InChI=1S/C19H32N4O4/c1-13(2)12-15(20-18(25)14-8-6-5-7-9-14)16(24)17-21-27-19(26)23(17)11-10-22(3)4/h13-15H,5-12H2,1-4H3,(H,20,25). The molecule has 8 heteroatoms. The van der Waals surface area contributed by atoms with Crippen LogP contribution >= 0.6 is 0 Å². The molecule has 0 saturated heterocycles. The van der Waals surface area contributed by atoms with Gasteiger partial charge in [0, 0.05) is 19.0 Å². The highest BCUT2D eigenvalue weighted by molar-refractivity contribution is 5.99. The Balaban J connectivity index is 2.17. The summed E-state index contributed by atoms with van der Waals surface area (Å²) >= 11 is 0. The lowest BCUT2D eigenvalue weighted by molar-refractivity contribution is -0.126. The van der Waals surface area contributed by atoms with E-state index in [1.807, 2.05) is 32.8 Å². The summed E-state index contributed by atoms with van der Waals surface area (Å²) in [6, 6.07) is -0.700. The number of nitrogens with one attached hydrogen (secondary N) is 1. The quantitative estimate of drug-likeness (QED) is 0.655. The van der Waals surface area contributed by atoms with Crippen molar-refractivity contribution in [1.29, 1.82) is 0 Å². The first-order valence-corrected chi connectivity index (χ1v) is 9.85. The maximum absolute atomic E-state index is 13.1. The van der Waals surface area contributed by atoms with Crippen LogP contribution in [0.15, 0.2) is 9.32 Å². The molecule has 1 aliphatic rings. The van der Waals surface area contributed by atoms with E-state index in [0.717, 1.165) is 32.1 Å². The third-order valence-corrected chi connectivity index (χ3v) is 4.99. The first kappa shape index (κ1) is 21.3. The highest BCUT2D eigenvalue weighted by atomic mass is 16.5. The summed E-state index contributed by atoms with van der Waals surface area (Å²) in [5.74, 6) is -0.927. The van der Waals surface area contributed by atoms with Crippen molar-refractivity contribution in [3.8, 4) is 0 Å². The molecule has 1 heterocycles. The Labute approximate surface area is 160 Å². The monoisotopic (exact) mass is 380 g/mol. The van der Waals surface area contributed by atoms with Crippen molar-refractivity contribution in [3.05, 3.63) is 16.4 Å². The number of rotatable bonds is 9. The van der Waals surface area contributed by atoms with Crippen molar-refractivity contribution in [3.63, 3.8) is 0 Å². The van der Waals surface area contributed by atoms with Gasteiger partial charge in [-0.1, -0.05) is 38.3 Å². The van der Waals surface area contributed by atoms with Gasteiger partial charge < -0.3 is 10.2 Å². The molecule has 1 atom stereocenters. The molecule has 8 nitrogen and oxygen atoms in total. The molecule has 0 aromatic carbocycles. The molecular formula is C19H32N4O4. The van der Waals surface area contributed by atoms with Crippen LogP contribution in [0.25, 0.3) is 0 Å². The van der Waals surface area contributed by atoms with E-state index in [9.17, 15) is 14.4 Å². The SMILES string of the molecule is CC(C)CC(NC(=O)C1CCCCC1)C(=O)c1noc(=O)n1CCN(C)C. The Hall–Kier alpha value is -1.96. The van der Waals surface area contributed by atoms with Crippen molar-refractivity contribution in [2.75, 3.05) is 20.6 Å². The molecule has 1 aliphatic carbocycles. The second kappa shape index (κ2) is 9.82. The van der Waals surface area contributed by atoms with Crippen molar-refractivity contribution in [2.45, 2.75) is 65.0 Å². The van der Waals surface area contributed by atoms with Gasteiger partial charge in [0.25, 0.3) is 0 Å². The molecule has 152 valence electrons. The number of hydrogen-bond donors (Lipinski definition) is 1. The molecule has 27 heavy (non-hydrogen) atoms. The van der Waals surface area contributed by atoms with Crippen LogP contribution in [0.4, 0.5) is 0 Å². The lowest BCUT2D eigenvalue weighted by Crippen LogP contribution is -2.46. The van der Waals surface area contributed by atoms with E-state index < -0.39 is 11.8 Å². The van der Waals surface area contributed by atoms with E-state index in [0.29, 0.717) is 19.5 Å². The Kier molecular flexibility index (Phi) is 7.77. The van der Waals surface area contributed by atoms with Crippen molar-refractivity contribution >= 4 is 11.7 Å². The second-order valence-corrected chi connectivity index (χ2v) is 8.12. The predicted octanol–water partition coefficient (Wildman–Crippen LogP) is 1.69. The Bertz CT molecular complexity index is 686. The van der Waals surface area contributed by atoms with Crippen LogP contribution < -0.4 is 11.1 Å². The summed E-state index contributed by atoms with van der Waals surface area (Å²) < 4.78 is 5.98. The fourth-order valence-electron chi connectivity index (χ4n) is 3.46. The minimum Gasteiger partial charge on any atom is -0.346 e. The van der Waals surface area contributed by atoms with E-state index in [1.165, 1.54) is 4.57 Å². The molecule has 1 unspecified atom stereocenters. The lowest BCUT2D eigenvalue weighted by Gasteiger charge is -2.25. The lowest BCUT2D eigenvalue weighted by atomic mass is 9.88. The average Bonchev–Trinajstić information content (AvgIpc) is 2.99. The Morgan fingerprint density at radius 2 is 1.93 bits per heavy atom. The predicted molar refractivity (Wildman–Crippen MR) is 102 cm³/mol. The Morgan fingerprint density at radius 1 is 1.26 bits per heavy atom. The molecule has 0 bridgehead atoms. The van der Waals surface area contributed by atoms with Crippen LogP contribution in [0.3, 0.4) is 0 Å². The van der Waals surface area contributed by atoms with Gasteiger partial charge in [-0.15, -0.1) is 0 Å². The number of hydrogen-bond acceptors (Lipinski definition) is 6. The van der Waals surface area contributed by atoms with Crippen LogP contribution in [-0.4, -0.2) is 53.0 Å². The van der Waals surface area contributed by atoms with E-state index in [4.69, 9.17) is 4.52 Å². The minimum atomic E-state index is -0.700. The third kappa shape index (κ3) is 6.02. The molecular weight excluding hydrogens is 348 g/mol. The Morgan fingerprint density at radius 3 is 2.52 bits per heavy atom. The number of aromatic nitrogens is 2. The highest BCUT2D eigenvalue weighted by Gasteiger charge is 2.31. The second-order valence-electron chi connectivity index (χ2n) is 8.12. The molecule has 2 rings (SSSR count). The van der Waals surface area contributed by atoms with Gasteiger partial charge in [-0.2, -0.15) is 0 Å². The fourth-order valence-corrected chi connectivity index (χ4v) is 3.46. The van der Waals surface area contributed by atoms with E-state index >= 15 is 0 Å². The molecule has 0 radical (unpaired) electrons. The maximum Gasteiger partial charge on any atom is 0.441 e. The smallest absolute Gasteiger partial charge is 0.346 e. The number of likely N-dealkylation sites (N-methyl/N-ethyl adjacent to an activating group) is 1. The van der Waals surface area contributed by atoms with Crippen molar-refractivity contribution in [2.24, 2.45) is 11.8 Å². The van der Waals surface area contributed by atoms with Gasteiger partial charge in [-0.25, -0.2) is 4.79 Å². The number of nitrogens with zero attached hydrogens (tertiary/aromatic N) is 3. The van der Waals surface area contributed by atoms with Crippen LogP contribution in [0, 0.1) is 11.8 Å². The van der Waals surface area contributed by atoms with Crippen molar-refractivity contribution in [1.82, 2.24) is 19.9 Å². The van der Waals surface area contributed by atoms with Gasteiger partial charge in [0.2, 0.25) is 17.5 Å². The van der Waals surface area contributed by atoms with Crippen LogP contribution in [-0.2, 0) is 11.3 Å². The topological polar surface area (TPSA) is 97.4 Å². The number of ketones is 1. The summed E-state index contributed by atoms with van der Waals surface area (Å²) in [5, 5.41) is 6.62. The summed E-state index contributed by atoms with van der Waals surface area (Å²) in [4.78, 5) is 39.6. The van der Waals surface area contributed by atoms with Crippen LogP contribution in [0.2, 0.25) is 0 Å². The summed E-state index contributed by atoms with van der Waals surface area (Å²) in [6.07, 6.45) is 5.49. The average molecular weight is 380 g/mol. The van der Waals surface area contributed by atoms with Gasteiger partial charge in [0.15, 0.2) is 0 Å². The van der Waals surface area contributed by atoms with E-state index in [1.54, 1.807) is 0 Å². The number of Topliss-reactive ketones (excluding diaryl/α,β-unsaturated/α-hetero) is 1. The summed E-state index contributed by atoms with van der Waals surface area (Å²) in [5.41, 5.74) is 0. The van der Waals surface area contributed by atoms with Gasteiger partial charge in [0.05, 0.1) is 6.04 Å². The van der Waals surface area contributed by atoms with Gasteiger partial charge in [0.1, 0.15) is 0 Å². The first-order chi connectivity index (χ1) is 12.8. The molecule has 0 aliphatic heterocycles. The first-order valence-electron chi connectivity index (χ1n) is 9.85. The summed E-state index contributed by atoms with van der Waals surface area (Å²) in [6.45, 7) is 4.87. The zero-order valence-electron chi connectivity index (χ0n) is 16.9. The number of carbonyl (C=O) groups is 2. The summed E-state index contributed by atoms with van der Waals surface area (Å²) in [7, 11) is 3.76. The van der Waals surface area contributed by atoms with Crippen LogP contribution in [0.1, 0.15) is 63.0 Å². The molecule has 1 fully saturated rings. The third-order valence-electron chi connectivity index (χ3n) is 4.99. The molecule has 1 saturated carbocycles. The normalized spacial score (nSPS) is 16.7. The molecule has 0 spiro atoms. The molecule has 1 aromatic heterocycles. The minimum absolute atomic E-state index is 0.0172. The highest BCUT2D eigenvalue weighted by Crippen LogP contribution is 2.24. The zero-order chi connectivity index (χ0) is 20.0.